The lowest BCUT2D eigenvalue weighted by atomic mass is 9.63. The van der Waals surface area contributed by atoms with Gasteiger partial charge in [-0.15, -0.1) is 0 Å². The first-order valence-electron chi connectivity index (χ1n) is 13.7. The Morgan fingerprint density at radius 2 is 1.61 bits per heavy atom. The maximum atomic E-state index is 15.2. The summed E-state index contributed by atoms with van der Waals surface area (Å²) in [5.74, 6) is -1.46. The molecule has 2 aliphatic carbocycles. The van der Waals surface area contributed by atoms with Gasteiger partial charge in [0.1, 0.15) is 24.0 Å². The molecule has 2 aromatic carbocycles. The third-order valence-corrected chi connectivity index (χ3v) is 8.11. The second-order valence-electron chi connectivity index (χ2n) is 10.6. The summed E-state index contributed by atoms with van der Waals surface area (Å²) in [5, 5.41) is 0. The number of benzene rings is 2. The van der Waals surface area contributed by atoms with Gasteiger partial charge in [-0.25, -0.2) is 18.0 Å². The molecule has 4 atom stereocenters. The molecule has 4 rings (SSSR count). The number of halogens is 3. The topological polar surface area (TPSA) is 35.5 Å². The third-order valence-electron chi connectivity index (χ3n) is 8.11. The fraction of sp³-hybridized carbons (Fsp3) is 0.469. The van der Waals surface area contributed by atoms with E-state index >= 15 is 8.78 Å². The Bertz CT molecular complexity index is 1150. The van der Waals surface area contributed by atoms with Crippen LogP contribution in [0, 0.1) is 35.2 Å². The van der Waals surface area contributed by atoms with Crippen molar-refractivity contribution in [3.05, 3.63) is 83.2 Å². The van der Waals surface area contributed by atoms with E-state index in [1.165, 1.54) is 31.4 Å². The predicted molar refractivity (Wildman–Crippen MR) is 143 cm³/mol. The molecule has 0 radical (unpaired) electrons. The molecule has 0 amide bonds. The molecule has 0 bridgehead atoms. The average Bonchev–Trinajstić information content (AvgIpc) is 2.89. The summed E-state index contributed by atoms with van der Waals surface area (Å²) < 4.78 is 55.1. The number of fused-ring (bicyclic) bond motifs is 1. The second kappa shape index (κ2) is 13.2. The van der Waals surface area contributed by atoms with Crippen LogP contribution in [0.3, 0.4) is 0 Å². The summed E-state index contributed by atoms with van der Waals surface area (Å²) in [4.78, 5) is 12.6. The molecule has 2 saturated carbocycles. The fourth-order valence-electron chi connectivity index (χ4n) is 6.16. The minimum Gasteiger partial charge on any atom is -0.486 e. The number of esters is 1. The normalized spacial score (nSPS) is 23.5. The van der Waals surface area contributed by atoms with Crippen LogP contribution < -0.4 is 9.47 Å². The van der Waals surface area contributed by atoms with Crippen LogP contribution in [0.15, 0.2) is 54.6 Å². The molecule has 2 aliphatic rings. The van der Waals surface area contributed by atoms with Crippen LogP contribution >= 0.6 is 0 Å². The van der Waals surface area contributed by atoms with Gasteiger partial charge in [0.05, 0.1) is 5.56 Å². The molecule has 2 fully saturated rings. The van der Waals surface area contributed by atoms with Crippen LogP contribution in [-0.2, 0) is 0 Å². The molecule has 0 saturated heterocycles. The smallest absolute Gasteiger partial charge is 0.343 e. The highest BCUT2D eigenvalue weighted by Crippen LogP contribution is 2.49. The Kier molecular flexibility index (Phi) is 9.70. The fourth-order valence-corrected chi connectivity index (χ4v) is 6.16. The molecular formula is C32H37F3O3. The van der Waals surface area contributed by atoms with Gasteiger partial charge in [0.2, 0.25) is 0 Å². The monoisotopic (exact) mass is 526 g/mol. The van der Waals surface area contributed by atoms with E-state index in [9.17, 15) is 9.18 Å². The van der Waals surface area contributed by atoms with Gasteiger partial charge in [-0.05, 0) is 107 Å². The number of rotatable bonds is 9. The van der Waals surface area contributed by atoms with Crippen molar-refractivity contribution in [3.63, 3.8) is 0 Å². The first kappa shape index (κ1) is 28.0. The Labute approximate surface area is 223 Å². The Hall–Kier alpha value is -3.02. The number of hydrogen-bond donors (Lipinski definition) is 0. The zero-order valence-electron chi connectivity index (χ0n) is 22.2. The maximum Gasteiger partial charge on any atom is 0.343 e. The van der Waals surface area contributed by atoms with E-state index in [1.807, 2.05) is 6.92 Å². The third kappa shape index (κ3) is 6.89. The van der Waals surface area contributed by atoms with Crippen molar-refractivity contribution in [3.8, 4) is 11.5 Å². The summed E-state index contributed by atoms with van der Waals surface area (Å²) in [7, 11) is 0. The number of allylic oxidation sites excluding steroid dienone is 3. The SMILES string of the molecule is C/C=C/CCC1CCC2CC(c3c(F)cc(C(=O)Oc4ccc(OC/C=C/C)c(F)c4)cc3F)CCC2C1. The summed E-state index contributed by atoms with van der Waals surface area (Å²) >= 11 is 0. The first-order chi connectivity index (χ1) is 18.4. The summed E-state index contributed by atoms with van der Waals surface area (Å²) in [6.45, 7) is 4.08. The van der Waals surface area contributed by atoms with E-state index in [-0.39, 0.29) is 35.2 Å². The predicted octanol–water partition coefficient (Wildman–Crippen LogP) is 8.93. The van der Waals surface area contributed by atoms with E-state index in [0.717, 1.165) is 56.2 Å². The summed E-state index contributed by atoms with van der Waals surface area (Å²) in [6.07, 6.45) is 16.2. The van der Waals surface area contributed by atoms with Crippen molar-refractivity contribution in [1.29, 1.82) is 0 Å². The molecule has 204 valence electrons. The lowest BCUT2D eigenvalue weighted by Gasteiger charge is -2.42. The Morgan fingerprint density at radius 1 is 0.895 bits per heavy atom. The van der Waals surface area contributed by atoms with Gasteiger partial charge < -0.3 is 9.47 Å². The van der Waals surface area contributed by atoms with E-state index < -0.39 is 23.4 Å². The highest BCUT2D eigenvalue weighted by molar-refractivity contribution is 5.91. The minimum atomic E-state index is -0.948. The summed E-state index contributed by atoms with van der Waals surface area (Å²) in [5.41, 5.74) is -0.170. The van der Waals surface area contributed by atoms with E-state index in [4.69, 9.17) is 9.47 Å². The lowest BCUT2D eigenvalue weighted by Crippen LogP contribution is -2.31. The first-order valence-corrected chi connectivity index (χ1v) is 13.7. The largest absolute Gasteiger partial charge is 0.486 e. The molecular weight excluding hydrogens is 489 g/mol. The zero-order valence-corrected chi connectivity index (χ0v) is 22.2. The lowest BCUT2D eigenvalue weighted by molar-refractivity contribution is 0.0732. The Morgan fingerprint density at radius 3 is 2.32 bits per heavy atom. The molecule has 3 nitrogen and oxygen atoms in total. The second-order valence-corrected chi connectivity index (χ2v) is 10.6. The van der Waals surface area contributed by atoms with Gasteiger partial charge in [0.25, 0.3) is 0 Å². The van der Waals surface area contributed by atoms with Crippen LogP contribution in [-0.4, -0.2) is 12.6 Å². The van der Waals surface area contributed by atoms with Gasteiger partial charge in [0.15, 0.2) is 11.6 Å². The Balaban J connectivity index is 1.38. The molecule has 4 unspecified atom stereocenters. The molecule has 0 heterocycles. The maximum absolute atomic E-state index is 15.2. The van der Waals surface area contributed by atoms with Crippen molar-refractivity contribution in [2.75, 3.05) is 6.61 Å². The highest BCUT2D eigenvalue weighted by atomic mass is 19.1. The van der Waals surface area contributed by atoms with Crippen molar-refractivity contribution < 1.29 is 27.4 Å². The number of hydrogen-bond acceptors (Lipinski definition) is 3. The van der Waals surface area contributed by atoms with Crippen molar-refractivity contribution in [2.45, 2.75) is 71.1 Å². The van der Waals surface area contributed by atoms with E-state index in [1.54, 1.807) is 12.2 Å². The molecule has 0 aromatic heterocycles. The van der Waals surface area contributed by atoms with Crippen LogP contribution in [0.4, 0.5) is 13.2 Å². The number of carbonyl (C=O) groups excluding carboxylic acids is 1. The quantitative estimate of drug-likeness (QED) is 0.186. The zero-order chi connectivity index (χ0) is 27.1. The van der Waals surface area contributed by atoms with Crippen molar-refractivity contribution >= 4 is 5.97 Å². The standard InChI is InChI=1S/C32H37F3O3/c1-3-5-7-8-21-9-10-23-17-24(12-11-22(23)16-21)31-28(34)18-25(19-29(31)35)32(36)38-26-13-14-30(27(33)20-26)37-15-6-4-2/h3-6,13-14,18-24H,7-12,15-17H2,1-2H3/b5-3+,6-4+. The molecule has 6 heteroatoms. The molecule has 0 spiro atoms. The number of carbonyl (C=O) groups is 1. The summed E-state index contributed by atoms with van der Waals surface area (Å²) in [6, 6.07) is 5.81. The van der Waals surface area contributed by atoms with Crippen molar-refractivity contribution in [2.24, 2.45) is 17.8 Å². The molecule has 2 aromatic rings. The highest BCUT2D eigenvalue weighted by Gasteiger charge is 2.37. The van der Waals surface area contributed by atoms with Gasteiger partial charge >= 0.3 is 5.97 Å². The van der Waals surface area contributed by atoms with E-state index in [2.05, 4.69) is 19.1 Å². The molecule has 38 heavy (non-hydrogen) atoms. The van der Waals surface area contributed by atoms with Gasteiger partial charge in [-0.3, -0.25) is 0 Å². The van der Waals surface area contributed by atoms with Crippen LogP contribution in [0.1, 0.15) is 87.1 Å². The van der Waals surface area contributed by atoms with Crippen LogP contribution in [0.25, 0.3) is 0 Å². The van der Waals surface area contributed by atoms with Gasteiger partial charge in [-0.2, -0.15) is 0 Å². The molecule has 0 aliphatic heterocycles. The van der Waals surface area contributed by atoms with Crippen LogP contribution in [0.2, 0.25) is 0 Å². The average molecular weight is 527 g/mol. The van der Waals surface area contributed by atoms with Gasteiger partial charge in [0, 0.05) is 11.6 Å². The van der Waals surface area contributed by atoms with Crippen LogP contribution in [0.5, 0.6) is 11.5 Å². The molecule has 0 N–H and O–H groups in total. The number of ether oxygens (including phenoxy) is 2. The van der Waals surface area contributed by atoms with Gasteiger partial charge in [-0.1, -0.05) is 30.7 Å². The minimum absolute atomic E-state index is 0.0150. The van der Waals surface area contributed by atoms with E-state index in [0.29, 0.717) is 11.8 Å². The van der Waals surface area contributed by atoms with Crippen molar-refractivity contribution in [1.82, 2.24) is 0 Å².